The molecule has 2 aliphatic heterocycles. The molecule has 3 heterocycles. The van der Waals surface area contributed by atoms with Crippen molar-refractivity contribution in [1.82, 2.24) is 14.9 Å². The smallest absolute Gasteiger partial charge is 0.233 e. The summed E-state index contributed by atoms with van der Waals surface area (Å²) in [6.07, 6.45) is 4.89. The van der Waals surface area contributed by atoms with Crippen LogP contribution in [-0.4, -0.2) is 40.5 Å². The highest BCUT2D eigenvalue weighted by Gasteiger charge is 2.25. The zero-order chi connectivity index (χ0) is 17.9. The Hall–Kier alpha value is -2.15. The maximum absolute atomic E-state index is 12.3. The monoisotopic (exact) mass is 373 g/mol. The van der Waals surface area contributed by atoms with Gasteiger partial charge in [0.15, 0.2) is 16.7 Å². The first-order valence-corrected chi connectivity index (χ1v) is 10.0. The maximum atomic E-state index is 12.3. The summed E-state index contributed by atoms with van der Waals surface area (Å²) in [5.74, 6) is 1.68. The van der Waals surface area contributed by atoms with E-state index in [0.29, 0.717) is 13.2 Å². The van der Waals surface area contributed by atoms with Crippen molar-refractivity contribution < 1.29 is 14.3 Å². The number of nitrogens with zero attached hydrogens (tertiary/aromatic N) is 2. The van der Waals surface area contributed by atoms with E-state index in [4.69, 9.17) is 9.47 Å². The standard InChI is InChI=1S/C19H23N3O3S/c1-2-22-14(13-6-7-15-16(11-13)25-10-9-24-15)12-21-19(22)26-17-5-3-4-8-20-18(17)23/h6-7,11-12,17H,2-5,8-10H2,1H3,(H,20,23). The molecule has 138 valence electrons. The molecule has 1 N–H and O–H groups in total. The highest BCUT2D eigenvalue weighted by atomic mass is 32.2. The normalized spacial score (nSPS) is 19.7. The fourth-order valence-corrected chi connectivity index (χ4v) is 4.54. The number of carbonyl (C=O) groups is 1. The number of nitrogens with one attached hydrogen (secondary N) is 1. The third-order valence-electron chi connectivity index (χ3n) is 4.71. The van der Waals surface area contributed by atoms with E-state index in [1.54, 1.807) is 11.8 Å². The van der Waals surface area contributed by atoms with Crippen molar-refractivity contribution in [2.45, 2.75) is 43.1 Å². The number of hydrogen-bond acceptors (Lipinski definition) is 5. The number of benzene rings is 1. The van der Waals surface area contributed by atoms with Crippen LogP contribution in [0.5, 0.6) is 11.5 Å². The van der Waals surface area contributed by atoms with Crippen molar-refractivity contribution in [1.29, 1.82) is 0 Å². The lowest BCUT2D eigenvalue weighted by atomic mass is 10.1. The van der Waals surface area contributed by atoms with Gasteiger partial charge < -0.3 is 19.4 Å². The van der Waals surface area contributed by atoms with Gasteiger partial charge in [-0.1, -0.05) is 18.2 Å². The van der Waals surface area contributed by atoms with Crippen molar-refractivity contribution in [3.8, 4) is 22.8 Å². The molecule has 1 aromatic heterocycles. The van der Waals surface area contributed by atoms with Gasteiger partial charge in [0.1, 0.15) is 13.2 Å². The van der Waals surface area contributed by atoms with Gasteiger partial charge >= 0.3 is 0 Å². The Balaban J connectivity index is 1.61. The van der Waals surface area contributed by atoms with Crippen LogP contribution in [0.4, 0.5) is 0 Å². The number of rotatable bonds is 4. The van der Waals surface area contributed by atoms with Gasteiger partial charge in [0.05, 0.1) is 17.1 Å². The molecule has 0 bridgehead atoms. The first-order valence-electron chi connectivity index (χ1n) is 9.16. The predicted octanol–water partition coefficient (Wildman–Crippen LogP) is 3.10. The van der Waals surface area contributed by atoms with Gasteiger partial charge in [-0.2, -0.15) is 0 Å². The second kappa shape index (κ2) is 7.61. The second-order valence-electron chi connectivity index (χ2n) is 6.42. The summed E-state index contributed by atoms with van der Waals surface area (Å²) in [5.41, 5.74) is 2.07. The number of carbonyl (C=O) groups excluding carboxylic acids is 1. The van der Waals surface area contributed by atoms with Gasteiger partial charge in [-0.15, -0.1) is 0 Å². The summed E-state index contributed by atoms with van der Waals surface area (Å²) in [6.45, 7) is 4.83. The van der Waals surface area contributed by atoms with E-state index in [1.165, 1.54) is 0 Å². The Kier molecular flexibility index (Phi) is 5.06. The Labute approximate surface area is 157 Å². The van der Waals surface area contributed by atoms with Crippen LogP contribution < -0.4 is 14.8 Å². The first-order chi connectivity index (χ1) is 12.8. The van der Waals surface area contributed by atoms with Crippen molar-refractivity contribution >= 4 is 17.7 Å². The Morgan fingerprint density at radius 2 is 2.12 bits per heavy atom. The lowest BCUT2D eigenvalue weighted by Crippen LogP contribution is -2.30. The van der Waals surface area contributed by atoms with E-state index in [-0.39, 0.29) is 11.2 Å². The van der Waals surface area contributed by atoms with E-state index < -0.39 is 0 Å². The van der Waals surface area contributed by atoms with Gasteiger partial charge in [-0.3, -0.25) is 4.79 Å². The molecule has 1 fully saturated rings. The SMILES string of the molecule is CCn1c(-c2ccc3c(c2)OCCO3)cnc1SC1CCCCNC1=O. The number of amides is 1. The third kappa shape index (κ3) is 3.40. The summed E-state index contributed by atoms with van der Waals surface area (Å²) < 4.78 is 13.5. The minimum Gasteiger partial charge on any atom is -0.486 e. The average Bonchev–Trinajstić information content (AvgIpc) is 2.97. The molecular weight excluding hydrogens is 350 g/mol. The van der Waals surface area contributed by atoms with Gasteiger partial charge in [-0.25, -0.2) is 4.98 Å². The molecule has 1 aromatic carbocycles. The van der Waals surface area contributed by atoms with E-state index in [1.807, 2.05) is 24.4 Å². The Morgan fingerprint density at radius 3 is 2.96 bits per heavy atom. The number of imidazole rings is 1. The minimum atomic E-state index is -0.0710. The van der Waals surface area contributed by atoms with Crippen molar-refractivity contribution in [2.24, 2.45) is 0 Å². The summed E-state index contributed by atoms with van der Waals surface area (Å²) in [5, 5.41) is 3.82. The minimum absolute atomic E-state index is 0.0710. The fourth-order valence-electron chi connectivity index (χ4n) is 3.34. The topological polar surface area (TPSA) is 65.4 Å². The summed E-state index contributed by atoms with van der Waals surface area (Å²) in [7, 11) is 0. The van der Waals surface area contributed by atoms with Gasteiger partial charge in [0.2, 0.25) is 5.91 Å². The van der Waals surface area contributed by atoms with Crippen LogP contribution in [-0.2, 0) is 11.3 Å². The van der Waals surface area contributed by atoms with Crippen LogP contribution in [0.1, 0.15) is 26.2 Å². The van der Waals surface area contributed by atoms with Crippen LogP contribution in [0, 0.1) is 0 Å². The van der Waals surface area contributed by atoms with Crippen LogP contribution in [0.3, 0.4) is 0 Å². The largest absolute Gasteiger partial charge is 0.486 e. The van der Waals surface area contributed by atoms with Crippen LogP contribution in [0.2, 0.25) is 0 Å². The molecule has 2 aliphatic rings. The molecule has 26 heavy (non-hydrogen) atoms. The summed E-state index contributed by atoms with van der Waals surface area (Å²) in [4.78, 5) is 16.9. The number of hydrogen-bond donors (Lipinski definition) is 1. The zero-order valence-corrected chi connectivity index (χ0v) is 15.7. The molecule has 0 spiro atoms. The van der Waals surface area contributed by atoms with E-state index in [0.717, 1.165) is 60.3 Å². The van der Waals surface area contributed by atoms with Gasteiger partial charge in [0.25, 0.3) is 0 Å². The molecule has 0 saturated carbocycles. The fraction of sp³-hybridized carbons (Fsp3) is 0.474. The van der Waals surface area contributed by atoms with Crippen LogP contribution >= 0.6 is 11.8 Å². The third-order valence-corrected chi connectivity index (χ3v) is 5.98. The van der Waals surface area contributed by atoms with Crippen LogP contribution in [0.25, 0.3) is 11.3 Å². The quantitative estimate of drug-likeness (QED) is 0.892. The molecule has 6 nitrogen and oxygen atoms in total. The van der Waals surface area contributed by atoms with E-state index in [2.05, 4.69) is 21.8 Å². The number of ether oxygens (including phenoxy) is 2. The molecule has 1 atom stereocenters. The van der Waals surface area contributed by atoms with Crippen molar-refractivity contribution in [3.05, 3.63) is 24.4 Å². The van der Waals surface area contributed by atoms with Gasteiger partial charge in [-0.05, 0) is 38.0 Å². The number of aromatic nitrogens is 2. The molecule has 2 aromatic rings. The molecular formula is C19H23N3O3S. The number of thioether (sulfide) groups is 1. The molecule has 4 rings (SSSR count). The Bertz CT molecular complexity index is 805. The maximum Gasteiger partial charge on any atom is 0.233 e. The first kappa shape index (κ1) is 17.3. The number of fused-ring (bicyclic) bond motifs is 1. The molecule has 1 unspecified atom stereocenters. The lowest BCUT2D eigenvalue weighted by molar-refractivity contribution is -0.120. The summed E-state index contributed by atoms with van der Waals surface area (Å²) in [6, 6.07) is 5.98. The van der Waals surface area contributed by atoms with Gasteiger partial charge in [0, 0.05) is 18.7 Å². The molecule has 1 saturated heterocycles. The van der Waals surface area contributed by atoms with E-state index >= 15 is 0 Å². The highest BCUT2D eigenvalue weighted by molar-refractivity contribution is 8.00. The summed E-state index contributed by atoms with van der Waals surface area (Å²) >= 11 is 1.57. The molecule has 7 heteroatoms. The second-order valence-corrected chi connectivity index (χ2v) is 7.59. The highest BCUT2D eigenvalue weighted by Crippen LogP contribution is 2.36. The lowest BCUT2D eigenvalue weighted by Gasteiger charge is -2.19. The molecule has 1 amide bonds. The Morgan fingerprint density at radius 1 is 1.27 bits per heavy atom. The average molecular weight is 373 g/mol. The molecule has 0 radical (unpaired) electrons. The van der Waals surface area contributed by atoms with Crippen LogP contribution in [0.15, 0.2) is 29.6 Å². The zero-order valence-electron chi connectivity index (χ0n) is 14.9. The predicted molar refractivity (Wildman–Crippen MR) is 101 cm³/mol. The molecule has 0 aliphatic carbocycles. The van der Waals surface area contributed by atoms with E-state index in [9.17, 15) is 4.79 Å². The van der Waals surface area contributed by atoms with Crippen molar-refractivity contribution in [3.63, 3.8) is 0 Å². The van der Waals surface area contributed by atoms with Crippen molar-refractivity contribution in [2.75, 3.05) is 19.8 Å².